The number of ether oxygens (including phenoxy) is 1. The van der Waals surface area contributed by atoms with Crippen LogP contribution in [0, 0.1) is 0 Å². The molecule has 1 atom stereocenters. The Kier molecular flexibility index (Phi) is 7.48. The fourth-order valence-electron chi connectivity index (χ4n) is 2.04. The molecule has 1 saturated heterocycles. The normalized spacial score (nSPS) is 17.8. The van der Waals surface area contributed by atoms with Crippen LogP contribution >= 0.6 is 12.4 Å². The van der Waals surface area contributed by atoms with E-state index in [4.69, 9.17) is 4.74 Å². The number of halogens is 1. The summed E-state index contributed by atoms with van der Waals surface area (Å²) in [5, 5.41) is 6.05. The van der Waals surface area contributed by atoms with Gasteiger partial charge in [0.1, 0.15) is 0 Å². The largest absolute Gasteiger partial charge is 0.375 e. The number of carbonyl (C=O) groups is 1. The molecule has 106 valence electrons. The lowest BCUT2D eigenvalue weighted by Gasteiger charge is -2.11. The lowest BCUT2D eigenvalue weighted by molar-refractivity contribution is -0.123. The molecule has 1 unspecified atom stereocenters. The van der Waals surface area contributed by atoms with E-state index in [1.54, 1.807) is 0 Å². The molecule has 2 rings (SSSR count). The van der Waals surface area contributed by atoms with Gasteiger partial charge in [-0.25, -0.2) is 0 Å². The molecule has 1 amide bonds. The highest BCUT2D eigenvalue weighted by Crippen LogP contribution is 2.04. The molecule has 0 saturated carbocycles. The SMILES string of the molecule is Cl.O=C(NCCOCc1ccccc1)C1CCCN1. The highest BCUT2D eigenvalue weighted by atomic mass is 35.5. The van der Waals surface area contributed by atoms with Crippen LogP contribution in [0.25, 0.3) is 0 Å². The maximum absolute atomic E-state index is 11.6. The van der Waals surface area contributed by atoms with Gasteiger partial charge in [-0.05, 0) is 24.9 Å². The summed E-state index contributed by atoms with van der Waals surface area (Å²) in [6, 6.07) is 10.0. The molecule has 19 heavy (non-hydrogen) atoms. The maximum Gasteiger partial charge on any atom is 0.237 e. The Morgan fingerprint density at radius 3 is 2.84 bits per heavy atom. The number of hydrogen-bond acceptors (Lipinski definition) is 3. The Balaban J connectivity index is 0.00000180. The minimum absolute atomic E-state index is 0. The van der Waals surface area contributed by atoms with Crippen molar-refractivity contribution in [3.63, 3.8) is 0 Å². The van der Waals surface area contributed by atoms with Gasteiger partial charge in [0.05, 0.1) is 19.3 Å². The standard InChI is InChI=1S/C14H20N2O2.ClH/c17-14(13-7-4-8-15-13)16-9-10-18-11-12-5-2-1-3-6-12;/h1-3,5-6,13,15H,4,7-11H2,(H,16,17);1H. The van der Waals surface area contributed by atoms with Crippen LogP contribution in [0.3, 0.4) is 0 Å². The zero-order valence-corrected chi connectivity index (χ0v) is 11.7. The predicted molar refractivity (Wildman–Crippen MR) is 77.4 cm³/mol. The third kappa shape index (κ3) is 5.59. The number of amides is 1. The van der Waals surface area contributed by atoms with Crippen molar-refractivity contribution >= 4 is 18.3 Å². The van der Waals surface area contributed by atoms with Gasteiger partial charge in [-0.3, -0.25) is 4.79 Å². The number of carbonyl (C=O) groups excluding carboxylic acids is 1. The predicted octanol–water partition coefficient (Wildman–Crippen LogP) is 1.49. The van der Waals surface area contributed by atoms with Gasteiger partial charge in [0, 0.05) is 6.54 Å². The molecule has 0 aliphatic carbocycles. The monoisotopic (exact) mass is 284 g/mol. The molecular formula is C14H21ClN2O2. The Morgan fingerprint density at radius 2 is 2.16 bits per heavy atom. The molecule has 1 fully saturated rings. The first-order valence-electron chi connectivity index (χ1n) is 6.49. The van der Waals surface area contributed by atoms with Crippen molar-refractivity contribution in [3.8, 4) is 0 Å². The summed E-state index contributed by atoms with van der Waals surface area (Å²) in [5.41, 5.74) is 1.15. The molecule has 2 N–H and O–H groups in total. The van der Waals surface area contributed by atoms with Crippen LogP contribution in [0.5, 0.6) is 0 Å². The Labute approximate surface area is 120 Å². The number of rotatable bonds is 6. The molecule has 0 radical (unpaired) electrons. The fraction of sp³-hybridized carbons (Fsp3) is 0.500. The third-order valence-corrected chi connectivity index (χ3v) is 3.03. The summed E-state index contributed by atoms with van der Waals surface area (Å²) in [6.07, 6.45) is 2.03. The van der Waals surface area contributed by atoms with E-state index in [1.807, 2.05) is 30.3 Å². The lowest BCUT2D eigenvalue weighted by Crippen LogP contribution is -2.41. The van der Waals surface area contributed by atoms with Crippen molar-refractivity contribution in [1.82, 2.24) is 10.6 Å². The van der Waals surface area contributed by atoms with Gasteiger partial charge in [0.15, 0.2) is 0 Å². The smallest absolute Gasteiger partial charge is 0.237 e. The van der Waals surface area contributed by atoms with Crippen LogP contribution in [0.1, 0.15) is 18.4 Å². The Morgan fingerprint density at radius 1 is 1.37 bits per heavy atom. The van der Waals surface area contributed by atoms with E-state index in [0.29, 0.717) is 19.8 Å². The van der Waals surface area contributed by atoms with Crippen LogP contribution in [0.2, 0.25) is 0 Å². The van der Waals surface area contributed by atoms with Gasteiger partial charge < -0.3 is 15.4 Å². The molecule has 5 heteroatoms. The van der Waals surface area contributed by atoms with Crippen LogP contribution in [-0.2, 0) is 16.1 Å². The van der Waals surface area contributed by atoms with Crippen molar-refractivity contribution in [1.29, 1.82) is 0 Å². The van der Waals surface area contributed by atoms with Crippen molar-refractivity contribution in [2.45, 2.75) is 25.5 Å². The van der Waals surface area contributed by atoms with E-state index in [9.17, 15) is 4.79 Å². The third-order valence-electron chi connectivity index (χ3n) is 3.03. The summed E-state index contributed by atoms with van der Waals surface area (Å²) in [7, 11) is 0. The van der Waals surface area contributed by atoms with Gasteiger partial charge in [-0.1, -0.05) is 30.3 Å². The second-order valence-corrected chi connectivity index (χ2v) is 4.48. The number of hydrogen-bond donors (Lipinski definition) is 2. The zero-order chi connectivity index (χ0) is 12.6. The quantitative estimate of drug-likeness (QED) is 0.778. The highest BCUT2D eigenvalue weighted by molar-refractivity contribution is 5.85. The molecule has 4 nitrogen and oxygen atoms in total. The molecule has 1 aromatic rings. The Hall–Kier alpha value is -1.10. The van der Waals surface area contributed by atoms with Crippen molar-refractivity contribution in [2.75, 3.05) is 19.7 Å². The van der Waals surface area contributed by atoms with E-state index in [2.05, 4.69) is 10.6 Å². The van der Waals surface area contributed by atoms with Crippen LogP contribution in [0.15, 0.2) is 30.3 Å². The van der Waals surface area contributed by atoms with Gasteiger partial charge in [0.2, 0.25) is 5.91 Å². The van der Waals surface area contributed by atoms with E-state index < -0.39 is 0 Å². The topological polar surface area (TPSA) is 50.4 Å². The highest BCUT2D eigenvalue weighted by Gasteiger charge is 2.20. The van der Waals surface area contributed by atoms with E-state index in [0.717, 1.165) is 24.9 Å². The van der Waals surface area contributed by atoms with Crippen molar-refractivity contribution in [3.05, 3.63) is 35.9 Å². The zero-order valence-electron chi connectivity index (χ0n) is 10.9. The average molecular weight is 285 g/mol. The van der Waals surface area contributed by atoms with E-state index in [1.165, 1.54) is 0 Å². The maximum atomic E-state index is 11.6. The van der Waals surface area contributed by atoms with Crippen LogP contribution < -0.4 is 10.6 Å². The second kappa shape index (κ2) is 8.91. The molecule has 1 aliphatic rings. The van der Waals surface area contributed by atoms with Gasteiger partial charge in [0.25, 0.3) is 0 Å². The molecule has 1 aliphatic heterocycles. The molecule has 1 aromatic carbocycles. The summed E-state index contributed by atoms with van der Waals surface area (Å²) < 4.78 is 5.50. The first-order chi connectivity index (χ1) is 8.86. The molecule has 0 aromatic heterocycles. The molecule has 0 bridgehead atoms. The number of nitrogens with one attached hydrogen (secondary N) is 2. The molecule has 0 spiro atoms. The lowest BCUT2D eigenvalue weighted by atomic mass is 10.2. The van der Waals surface area contributed by atoms with Crippen molar-refractivity contribution in [2.24, 2.45) is 0 Å². The van der Waals surface area contributed by atoms with Gasteiger partial charge in [-0.2, -0.15) is 0 Å². The van der Waals surface area contributed by atoms with Crippen LogP contribution in [0.4, 0.5) is 0 Å². The minimum Gasteiger partial charge on any atom is -0.375 e. The molecule has 1 heterocycles. The second-order valence-electron chi connectivity index (χ2n) is 4.48. The first kappa shape index (κ1) is 16.0. The van der Waals surface area contributed by atoms with E-state index in [-0.39, 0.29) is 24.4 Å². The average Bonchev–Trinajstić information content (AvgIpc) is 2.93. The van der Waals surface area contributed by atoms with E-state index >= 15 is 0 Å². The number of benzene rings is 1. The minimum atomic E-state index is -0.000812. The van der Waals surface area contributed by atoms with Crippen molar-refractivity contribution < 1.29 is 9.53 Å². The van der Waals surface area contributed by atoms with Crippen LogP contribution in [-0.4, -0.2) is 31.6 Å². The summed E-state index contributed by atoms with van der Waals surface area (Å²) >= 11 is 0. The van der Waals surface area contributed by atoms with Gasteiger partial charge >= 0.3 is 0 Å². The summed E-state index contributed by atoms with van der Waals surface area (Å²) in [6.45, 7) is 2.66. The summed E-state index contributed by atoms with van der Waals surface area (Å²) in [4.78, 5) is 11.6. The Bertz CT molecular complexity index is 367. The molecular weight excluding hydrogens is 264 g/mol. The summed E-state index contributed by atoms with van der Waals surface area (Å²) in [5.74, 6) is 0.0933. The van der Waals surface area contributed by atoms with Gasteiger partial charge in [-0.15, -0.1) is 12.4 Å². The first-order valence-corrected chi connectivity index (χ1v) is 6.49. The fourth-order valence-corrected chi connectivity index (χ4v) is 2.04.